The maximum Gasteiger partial charge on any atom is 0.310 e. The van der Waals surface area contributed by atoms with Gasteiger partial charge in [-0.05, 0) is 6.42 Å². The number of hydrogen-bond donors (Lipinski definition) is 1. The number of cyclic esters (lactones) is 1. The number of rotatable bonds is 3. The monoisotopic (exact) mass is 186 g/mol. The molecule has 3 atom stereocenters. The van der Waals surface area contributed by atoms with Crippen LogP contribution in [0.25, 0.3) is 0 Å². The van der Waals surface area contributed by atoms with Crippen molar-refractivity contribution in [3.05, 3.63) is 0 Å². The smallest absolute Gasteiger partial charge is 0.310 e. The molecular formula is C9H14O4. The highest BCUT2D eigenvalue weighted by Gasteiger charge is 2.42. The van der Waals surface area contributed by atoms with Gasteiger partial charge in [0.1, 0.15) is 0 Å². The van der Waals surface area contributed by atoms with Crippen LogP contribution in [-0.2, 0) is 14.3 Å². The van der Waals surface area contributed by atoms with Gasteiger partial charge in [0.15, 0.2) is 0 Å². The van der Waals surface area contributed by atoms with Crippen LogP contribution in [0, 0.1) is 17.8 Å². The first-order chi connectivity index (χ1) is 6.07. The minimum Gasteiger partial charge on any atom is -0.481 e. The van der Waals surface area contributed by atoms with Crippen LogP contribution in [0.15, 0.2) is 0 Å². The van der Waals surface area contributed by atoms with E-state index in [4.69, 9.17) is 9.84 Å². The van der Waals surface area contributed by atoms with E-state index in [1.807, 2.05) is 6.92 Å². The number of carbonyl (C=O) groups excluding carboxylic acids is 1. The molecule has 0 aromatic rings. The summed E-state index contributed by atoms with van der Waals surface area (Å²) in [7, 11) is 0. The molecule has 0 radical (unpaired) electrons. The van der Waals surface area contributed by atoms with Crippen LogP contribution in [0.4, 0.5) is 0 Å². The number of carboxylic acid groups (broad SMARTS) is 1. The molecule has 0 aromatic heterocycles. The fourth-order valence-electron chi connectivity index (χ4n) is 1.72. The largest absolute Gasteiger partial charge is 0.481 e. The minimum atomic E-state index is -0.928. The zero-order chi connectivity index (χ0) is 10.0. The molecule has 1 heterocycles. The van der Waals surface area contributed by atoms with Crippen LogP contribution in [0.5, 0.6) is 0 Å². The summed E-state index contributed by atoms with van der Waals surface area (Å²) in [6.45, 7) is 3.87. The normalized spacial score (nSPS) is 29.8. The molecule has 1 aliphatic heterocycles. The van der Waals surface area contributed by atoms with Crippen molar-refractivity contribution in [2.45, 2.75) is 20.3 Å². The SMILES string of the molecule is CCC1COC(=O)C1C(C)C(=O)O. The van der Waals surface area contributed by atoms with Crippen LogP contribution < -0.4 is 0 Å². The molecule has 0 amide bonds. The van der Waals surface area contributed by atoms with E-state index < -0.39 is 17.8 Å². The van der Waals surface area contributed by atoms with E-state index in [1.165, 1.54) is 0 Å². The van der Waals surface area contributed by atoms with Gasteiger partial charge in [-0.2, -0.15) is 0 Å². The summed E-state index contributed by atoms with van der Waals surface area (Å²) in [6, 6.07) is 0. The van der Waals surface area contributed by atoms with Crippen molar-refractivity contribution < 1.29 is 19.4 Å². The summed E-state index contributed by atoms with van der Waals surface area (Å²) in [5.41, 5.74) is 0. The Morgan fingerprint density at radius 2 is 2.38 bits per heavy atom. The van der Waals surface area contributed by atoms with Crippen molar-refractivity contribution >= 4 is 11.9 Å². The van der Waals surface area contributed by atoms with Crippen molar-refractivity contribution in [3.63, 3.8) is 0 Å². The Balaban J connectivity index is 2.74. The van der Waals surface area contributed by atoms with E-state index in [9.17, 15) is 9.59 Å². The van der Waals surface area contributed by atoms with Gasteiger partial charge in [-0.15, -0.1) is 0 Å². The third kappa shape index (κ3) is 1.82. The Kier molecular flexibility index (Phi) is 2.90. The maximum absolute atomic E-state index is 11.2. The highest BCUT2D eigenvalue weighted by atomic mass is 16.5. The molecule has 4 heteroatoms. The summed E-state index contributed by atoms with van der Waals surface area (Å²) >= 11 is 0. The molecule has 1 aliphatic rings. The molecule has 0 bridgehead atoms. The quantitative estimate of drug-likeness (QED) is 0.665. The van der Waals surface area contributed by atoms with Crippen molar-refractivity contribution in [2.75, 3.05) is 6.61 Å². The van der Waals surface area contributed by atoms with Crippen molar-refractivity contribution in [2.24, 2.45) is 17.8 Å². The van der Waals surface area contributed by atoms with Crippen LogP contribution in [0.3, 0.4) is 0 Å². The first-order valence-electron chi connectivity index (χ1n) is 4.47. The van der Waals surface area contributed by atoms with Crippen LogP contribution >= 0.6 is 0 Å². The number of ether oxygens (including phenoxy) is 1. The standard InChI is InChI=1S/C9H14O4/c1-3-6-4-13-9(12)7(6)5(2)8(10)11/h5-7H,3-4H2,1-2H3,(H,10,11). The van der Waals surface area contributed by atoms with Crippen LogP contribution in [0.2, 0.25) is 0 Å². The summed E-state index contributed by atoms with van der Waals surface area (Å²) in [5.74, 6) is -2.31. The topological polar surface area (TPSA) is 63.6 Å². The zero-order valence-electron chi connectivity index (χ0n) is 7.82. The summed E-state index contributed by atoms with van der Waals surface area (Å²) in [6.07, 6.45) is 0.786. The van der Waals surface area contributed by atoms with Crippen molar-refractivity contribution in [1.29, 1.82) is 0 Å². The molecule has 1 fully saturated rings. The lowest BCUT2D eigenvalue weighted by molar-refractivity contribution is -0.151. The molecule has 0 saturated carbocycles. The predicted molar refractivity (Wildman–Crippen MR) is 45.0 cm³/mol. The number of esters is 1. The summed E-state index contributed by atoms with van der Waals surface area (Å²) in [4.78, 5) is 21.9. The van der Waals surface area contributed by atoms with Gasteiger partial charge in [0.25, 0.3) is 0 Å². The van der Waals surface area contributed by atoms with Gasteiger partial charge in [-0.1, -0.05) is 13.8 Å². The highest BCUT2D eigenvalue weighted by molar-refractivity contribution is 5.82. The molecule has 74 valence electrons. The first-order valence-corrected chi connectivity index (χ1v) is 4.47. The lowest BCUT2D eigenvalue weighted by atomic mass is 9.83. The highest BCUT2D eigenvalue weighted by Crippen LogP contribution is 2.31. The van der Waals surface area contributed by atoms with Crippen LogP contribution in [0.1, 0.15) is 20.3 Å². The molecular weight excluding hydrogens is 172 g/mol. The van der Waals surface area contributed by atoms with Gasteiger partial charge < -0.3 is 9.84 Å². The number of hydrogen-bond acceptors (Lipinski definition) is 3. The third-order valence-corrected chi connectivity index (χ3v) is 2.67. The molecule has 1 saturated heterocycles. The van der Waals surface area contributed by atoms with E-state index in [0.29, 0.717) is 6.61 Å². The average Bonchev–Trinajstić information content (AvgIpc) is 2.45. The van der Waals surface area contributed by atoms with Crippen molar-refractivity contribution in [3.8, 4) is 0 Å². The van der Waals surface area contributed by atoms with Gasteiger partial charge in [0.05, 0.1) is 18.4 Å². The van der Waals surface area contributed by atoms with Gasteiger partial charge >= 0.3 is 11.9 Å². The third-order valence-electron chi connectivity index (χ3n) is 2.67. The van der Waals surface area contributed by atoms with E-state index in [1.54, 1.807) is 6.92 Å². The van der Waals surface area contributed by atoms with E-state index >= 15 is 0 Å². The van der Waals surface area contributed by atoms with Crippen molar-refractivity contribution in [1.82, 2.24) is 0 Å². The second-order valence-corrected chi connectivity index (χ2v) is 3.45. The fraction of sp³-hybridized carbons (Fsp3) is 0.778. The first kappa shape index (κ1) is 10.0. The molecule has 13 heavy (non-hydrogen) atoms. The van der Waals surface area contributed by atoms with Gasteiger partial charge in [0.2, 0.25) is 0 Å². The second-order valence-electron chi connectivity index (χ2n) is 3.45. The van der Waals surface area contributed by atoms with E-state index in [0.717, 1.165) is 6.42 Å². The molecule has 3 unspecified atom stereocenters. The van der Waals surface area contributed by atoms with E-state index in [2.05, 4.69) is 0 Å². The van der Waals surface area contributed by atoms with Gasteiger partial charge in [-0.25, -0.2) is 0 Å². The average molecular weight is 186 g/mol. The number of carbonyl (C=O) groups is 2. The Morgan fingerprint density at radius 3 is 2.85 bits per heavy atom. The molecule has 0 aromatic carbocycles. The second kappa shape index (κ2) is 3.77. The Bertz CT molecular complexity index is 224. The maximum atomic E-state index is 11.2. The Morgan fingerprint density at radius 1 is 1.77 bits per heavy atom. The fourth-order valence-corrected chi connectivity index (χ4v) is 1.72. The lowest BCUT2D eigenvalue weighted by Gasteiger charge is -2.16. The molecule has 0 aliphatic carbocycles. The number of aliphatic carboxylic acids is 1. The molecule has 0 spiro atoms. The zero-order valence-corrected chi connectivity index (χ0v) is 7.82. The van der Waals surface area contributed by atoms with Gasteiger partial charge in [-0.3, -0.25) is 9.59 Å². The molecule has 4 nitrogen and oxygen atoms in total. The molecule has 1 N–H and O–H groups in total. The summed E-state index contributed by atoms with van der Waals surface area (Å²) < 4.78 is 4.84. The molecule has 1 rings (SSSR count). The minimum absolute atomic E-state index is 0.0681. The number of carboxylic acids is 1. The van der Waals surface area contributed by atoms with E-state index in [-0.39, 0.29) is 11.9 Å². The lowest BCUT2D eigenvalue weighted by Crippen LogP contribution is -2.28. The Hall–Kier alpha value is -1.06. The van der Waals surface area contributed by atoms with Gasteiger partial charge in [0, 0.05) is 5.92 Å². The summed E-state index contributed by atoms with van der Waals surface area (Å²) in [5, 5.41) is 8.77. The Labute approximate surface area is 76.9 Å². The van der Waals surface area contributed by atoms with Crippen LogP contribution in [-0.4, -0.2) is 23.7 Å². The predicted octanol–water partition coefficient (Wildman–Crippen LogP) is 0.906.